The number of ether oxygens (including phenoxy) is 1. The van der Waals surface area contributed by atoms with E-state index in [0.717, 1.165) is 5.56 Å². The first-order valence-corrected chi connectivity index (χ1v) is 6.95. The Balaban J connectivity index is 2.35. The van der Waals surface area contributed by atoms with Crippen LogP contribution in [0.3, 0.4) is 0 Å². The summed E-state index contributed by atoms with van der Waals surface area (Å²) in [6.45, 7) is 4.72. The molecule has 0 aromatic heterocycles. The highest BCUT2D eigenvalue weighted by Crippen LogP contribution is 2.26. The lowest BCUT2D eigenvalue weighted by molar-refractivity contribution is 0.188. The number of sulfone groups is 1. The van der Waals surface area contributed by atoms with Crippen molar-refractivity contribution in [2.45, 2.75) is 24.0 Å². The Morgan fingerprint density at radius 2 is 1.81 bits per heavy atom. The van der Waals surface area contributed by atoms with E-state index >= 15 is 0 Å². The first-order valence-electron chi connectivity index (χ1n) is 5.40. The van der Waals surface area contributed by atoms with Gasteiger partial charge >= 0.3 is 0 Å². The summed E-state index contributed by atoms with van der Waals surface area (Å²) < 4.78 is 29.8. The molecule has 0 amide bonds. The second-order valence-corrected chi connectivity index (χ2v) is 6.58. The van der Waals surface area contributed by atoms with Crippen LogP contribution in [0.5, 0.6) is 0 Å². The molecule has 0 N–H and O–H groups in total. The monoisotopic (exact) mass is 240 g/mol. The Hall–Kier alpha value is -0.870. The fraction of sp³-hybridized carbons (Fsp3) is 0.500. The Kier molecular flexibility index (Phi) is 3.04. The maximum Gasteiger partial charge on any atom is 0.183 e. The minimum absolute atomic E-state index is 0.0753. The van der Waals surface area contributed by atoms with Gasteiger partial charge in [0.1, 0.15) is 0 Å². The van der Waals surface area contributed by atoms with Crippen molar-refractivity contribution in [2.24, 2.45) is 5.92 Å². The summed E-state index contributed by atoms with van der Waals surface area (Å²) >= 11 is 0. The quantitative estimate of drug-likeness (QED) is 0.791. The standard InChI is InChI=1S/C12H16O3S/c1-9-3-5-11(6-4-9)16(13,14)12-8-15-7-10(12)2/h3-6,10,12H,7-8H2,1-2H3/t10-,12+/m1/s1. The molecule has 1 aliphatic rings. The Morgan fingerprint density at radius 1 is 1.19 bits per heavy atom. The molecule has 1 fully saturated rings. The minimum Gasteiger partial charge on any atom is -0.380 e. The molecule has 88 valence electrons. The number of hydrogen-bond acceptors (Lipinski definition) is 3. The van der Waals surface area contributed by atoms with Crippen molar-refractivity contribution < 1.29 is 13.2 Å². The van der Waals surface area contributed by atoms with E-state index in [1.54, 1.807) is 12.1 Å². The molecule has 0 bridgehead atoms. The molecule has 0 radical (unpaired) electrons. The number of benzene rings is 1. The van der Waals surface area contributed by atoms with Gasteiger partial charge in [0.05, 0.1) is 23.4 Å². The largest absolute Gasteiger partial charge is 0.380 e. The molecule has 0 unspecified atom stereocenters. The van der Waals surface area contributed by atoms with Crippen molar-refractivity contribution in [1.82, 2.24) is 0 Å². The zero-order valence-corrected chi connectivity index (χ0v) is 10.3. The number of aryl methyl sites for hydroxylation is 1. The second kappa shape index (κ2) is 4.18. The van der Waals surface area contributed by atoms with Crippen molar-refractivity contribution in [3.63, 3.8) is 0 Å². The van der Waals surface area contributed by atoms with Gasteiger partial charge in [0.25, 0.3) is 0 Å². The van der Waals surface area contributed by atoms with Crippen LogP contribution in [0.15, 0.2) is 29.2 Å². The maximum atomic E-state index is 12.3. The molecule has 0 aliphatic carbocycles. The molecule has 0 saturated carbocycles. The van der Waals surface area contributed by atoms with Gasteiger partial charge in [0, 0.05) is 0 Å². The fourth-order valence-electron chi connectivity index (χ4n) is 1.94. The lowest BCUT2D eigenvalue weighted by Crippen LogP contribution is -2.27. The highest BCUT2D eigenvalue weighted by Gasteiger charge is 2.36. The van der Waals surface area contributed by atoms with Crippen LogP contribution in [0.1, 0.15) is 12.5 Å². The van der Waals surface area contributed by atoms with E-state index in [1.807, 2.05) is 26.0 Å². The molecule has 1 aromatic carbocycles. The van der Waals surface area contributed by atoms with Gasteiger partial charge in [-0.15, -0.1) is 0 Å². The summed E-state index contributed by atoms with van der Waals surface area (Å²) in [5.74, 6) is 0.0753. The predicted octanol–water partition coefficient (Wildman–Crippen LogP) is 1.80. The Bertz CT molecular complexity index is 462. The molecule has 1 aliphatic heterocycles. The average molecular weight is 240 g/mol. The van der Waals surface area contributed by atoms with Crippen molar-refractivity contribution >= 4 is 9.84 Å². The predicted molar refractivity (Wildman–Crippen MR) is 62.1 cm³/mol. The summed E-state index contributed by atoms with van der Waals surface area (Å²) in [5, 5.41) is -0.393. The van der Waals surface area contributed by atoms with Crippen molar-refractivity contribution in [2.75, 3.05) is 13.2 Å². The summed E-state index contributed by atoms with van der Waals surface area (Å²) in [4.78, 5) is 0.403. The van der Waals surface area contributed by atoms with Crippen LogP contribution >= 0.6 is 0 Å². The van der Waals surface area contributed by atoms with Gasteiger partial charge in [-0.3, -0.25) is 0 Å². The summed E-state index contributed by atoms with van der Waals surface area (Å²) in [5.41, 5.74) is 1.06. The molecular weight excluding hydrogens is 224 g/mol. The summed E-state index contributed by atoms with van der Waals surface area (Å²) in [6.07, 6.45) is 0. The van der Waals surface area contributed by atoms with Gasteiger partial charge in [-0.05, 0) is 25.0 Å². The maximum absolute atomic E-state index is 12.3. The Morgan fingerprint density at radius 3 is 2.31 bits per heavy atom. The molecule has 1 aromatic rings. The molecule has 1 saturated heterocycles. The van der Waals surface area contributed by atoms with Crippen molar-refractivity contribution in [3.05, 3.63) is 29.8 Å². The van der Waals surface area contributed by atoms with Crippen LogP contribution in [0.2, 0.25) is 0 Å². The van der Waals surface area contributed by atoms with Gasteiger partial charge in [0.2, 0.25) is 0 Å². The summed E-state index contributed by atoms with van der Waals surface area (Å²) in [7, 11) is -3.23. The van der Waals surface area contributed by atoms with E-state index in [1.165, 1.54) is 0 Å². The van der Waals surface area contributed by atoms with E-state index in [9.17, 15) is 8.42 Å². The molecule has 2 atom stereocenters. The van der Waals surface area contributed by atoms with Crippen LogP contribution in [0.4, 0.5) is 0 Å². The second-order valence-electron chi connectivity index (χ2n) is 4.41. The first-order chi connectivity index (χ1) is 7.51. The van der Waals surface area contributed by atoms with Crippen LogP contribution in [-0.4, -0.2) is 26.9 Å². The normalized spacial score (nSPS) is 25.9. The average Bonchev–Trinajstić information content (AvgIpc) is 2.66. The third-order valence-corrected chi connectivity index (χ3v) is 5.37. The van der Waals surface area contributed by atoms with Crippen LogP contribution < -0.4 is 0 Å². The Labute approximate surface area is 96.4 Å². The number of rotatable bonds is 2. The third kappa shape index (κ3) is 1.99. The molecule has 1 heterocycles. The molecule has 4 heteroatoms. The zero-order chi connectivity index (χ0) is 11.8. The van der Waals surface area contributed by atoms with Crippen LogP contribution in [0, 0.1) is 12.8 Å². The van der Waals surface area contributed by atoms with E-state index in [2.05, 4.69) is 0 Å². The molecule has 2 rings (SSSR count). The van der Waals surface area contributed by atoms with Gasteiger partial charge in [-0.25, -0.2) is 8.42 Å². The van der Waals surface area contributed by atoms with Gasteiger partial charge in [-0.2, -0.15) is 0 Å². The van der Waals surface area contributed by atoms with Gasteiger partial charge in [0.15, 0.2) is 9.84 Å². The molecule has 3 nitrogen and oxygen atoms in total. The highest BCUT2D eigenvalue weighted by atomic mass is 32.2. The molecule has 0 spiro atoms. The third-order valence-electron chi connectivity index (χ3n) is 3.05. The van der Waals surface area contributed by atoms with E-state index < -0.39 is 15.1 Å². The van der Waals surface area contributed by atoms with Gasteiger partial charge in [-0.1, -0.05) is 24.6 Å². The van der Waals surface area contributed by atoms with Gasteiger partial charge < -0.3 is 4.74 Å². The molecular formula is C12H16O3S. The minimum atomic E-state index is -3.23. The lowest BCUT2D eigenvalue weighted by Gasteiger charge is -2.14. The summed E-state index contributed by atoms with van der Waals surface area (Å²) in [6, 6.07) is 7.01. The van der Waals surface area contributed by atoms with Crippen LogP contribution in [0.25, 0.3) is 0 Å². The lowest BCUT2D eigenvalue weighted by atomic mass is 10.2. The van der Waals surface area contributed by atoms with Crippen molar-refractivity contribution in [3.8, 4) is 0 Å². The van der Waals surface area contributed by atoms with Crippen LogP contribution in [-0.2, 0) is 14.6 Å². The topological polar surface area (TPSA) is 43.4 Å². The molecule has 16 heavy (non-hydrogen) atoms. The number of hydrogen-bond donors (Lipinski definition) is 0. The fourth-order valence-corrected chi connectivity index (χ4v) is 3.77. The van der Waals surface area contributed by atoms with E-state index in [-0.39, 0.29) is 5.92 Å². The first kappa shape index (κ1) is 11.6. The smallest absolute Gasteiger partial charge is 0.183 e. The highest BCUT2D eigenvalue weighted by molar-refractivity contribution is 7.92. The van der Waals surface area contributed by atoms with Crippen molar-refractivity contribution in [1.29, 1.82) is 0 Å². The van der Waals surface area contributed by atoms with E-state index in [4.69, 9.17) is 4.74 Å². The SMILES string of the molecule is Cc1ccc(S(=O)(=O)[C@H]2COC[C@H]2C)cc1. The zero-order valence-electron chi connectivity index (χ0n) is 9.51. The van der Waals surface area contributed by atoms with E-state index in [0.29, 0.717) is 18.1 Å².